The molecule has 0 saturated heterocycles. The van der Waals surface area contributed by atoms with Gasteiger partial charge >= 0.3 is 5.97 Å². The Morgan fingerprint density at radius 2 is 1.96 bits per heavy atom. The maximum Gasteiger partial charge on any atom is 0.325 e. The molecule has 0 radical (unpaired) electrons. The highest BCUT2D eigenvalue weighted by molar-refractivity contribution is 6.38. The number of carbonyl (C=O) groups is 3. The van der Waals surface area contributed by atoms with Gasteiger partial charge in [-0.05, 0) is 37.3 Å². The molecule has 26 heavy (non-hydrogen) atoms. The minimum Gasteiger partial charge on any atom is -0.464 e. The highest BCUT2D eigenvalue weighted by atomic mass is 16.5. The van der Waals surface area contributed by atoms with E-state index in [-0.39, 0.29) is 13.2 Å². The molecule has 1 amide bonds. The second-order valence-corrected chi connectivity index (χ2v) is 6.98. The summed E-state index contributed by atoms with van der Waals surface area (Å²) in [5, 5.41) is 0. The van der Waals surface area contributed by atoms with Gasteiger partial charge in [0.25, 0.3) is 5.91 Å². The van der Waals surface area contributed by atoms with Gasteiger partial charge in [-0.2, -0.15) is 0 Å². The van der Waals surface area contributed by atoms with Crippen LogP contribution in [0.4, 0.5) is 0 Å². The predicted molar refractivity (Wildman–Crippen MR) is 99.5 cm³/mol. The molecule has 0 bridgehead atoms. The molecule has 0 aromatic carbocycles. The number of pyridine rings is 1. The molecule has 0 N–H and O–H groups in total. The fraction of sp³-hybridized carbons (Fsp3) is 0.600. The lowest BCUT2D eigenvalue weighted by atomic mass is 9.84. The molecule has 0 saturated carbocycles. The summed E-state index contributed by atoms with van der Waals surface area (Å²) in [5.41, 5.74) is 0.357. The van der Waals surface area contributed by atoms with Gasteiger partial charge in [0.15, 0.2) is 0 Å². The molecule has 0 unspecified atom stereocenters. The van der Waals surface area contributed by atoms with Crippen molar-refractivity contribution < 1.29 is 19.1 Å². The molecule has 0 atom stereocenters. The third-order valence-corrected chi connectivity index (χ3v) is 4.39. The van der Waals surface area contributed by atoms with Crippen LogP contribution in [0, 0.1) is 5.41 Å². The number of Topliss-reactive ketones (excluding diaryl/α,β-unsaturated/α-hetero) is 1. The summed E-state index contributed by atoms with van der Waals surface area (Å²) < 4.78 is 5.22. The second kappa shape index (κ2) is 10.7. The van der Waals surface area contributed by atoms with Gasteiger partial charge in [-0.3, -0.25) is 19.4 Å². The normalized spacial score (nSPS) is 11.1. The van der Waals surface area contributed by atoms with Crippen molar-refractivity contribution in [2.24, 2.45) is 5.41 Å². The first-order valence-electron chi connectivity index (χ1n) is 9.20. The molecule has 1 aromatic heterocycles. The van der Waals surface area contributed by atoms with Crippen molar-refractivity contribution in [3.63, 3.8) is 0 Å². The molecule has 0 fully saturated rings. The minimum atomic E-state index is -0.725. The van der Waals surface area contributed by atoms with Gasteiger partial charge < -0.3 is 9.64 Å². The Kier molecular flexibility index (Phi) is 8.96. The number of carbonyl (C=O) groups excluding carboxylic acids is 3. The van der Waals surface area contributed by atoms with E-state index in [9.17, 15) is 14.4 Å². The number of rotatable bonds is 11. The van der Waals surface area contributed by atoms with Gasteiger partial charge in [0, 0.05) is 24.4 Å². The highest BCUT2D eigenvalue weighted by Gasteiger charge is 2.34. The van der Waals surface area contributed by atoms with Crippen molar-refractivity contribution in [3.8, 4) is 0 Å². The first-order valence-corrected chi connectivity index (χ1v) is 9.20. The number of ketones is 1. The second-order valence-electron chi connectivity index (χ2n) is 6.98. The summed E-state index contributed by atoms with van der Waals surface area (Å²) in [7, 11) is 0. The largest absolute Gasteiger partial charge is 0.464 e. The van der Waals surface area contributed by atoms with Crippen LogP contribution in [0.1, 0.15) is 52.5 Å². The third kappa shape index (κ3) is 6.94. The summed E-state index contributed by atoms with van der Waals surface area (Å²) in [6.45, 7) is 7.69. The summed E-state index contributed by atoms with van der Waals surface area (Å²) in [6, 6.07) is 3.84. The smallest absolute Gasteiger partial charge is 0.325 e. The lowest BCUT2D eigenvalue weighted by molar-refractivity contribution is -0.154. The quantitative estimate of drug-likeness (QED) is 0.344. The van der Waals surface area contributed by atoms with E-state index < -0.39 is 23.1 Å². The molecule has 0 aliphatic rings. The number of aromatic nitrogens is 1. The SMILES string of the molecule is CCCN(CC(=O)OCCCc1cccnc1)C(=O)C(=O)C(C)(C)CC. The molecular formula is C20H30N2O4. The van der Waals surface area contributed by atoms with Crippen LogP contribution in [-0.2, 0) is 25.5 Å². The van der Waals surface area contributed by atoms with Gasteiger partial charge in [-0.1, -0.05) is 33.8 Å². The van der Waals surface area contributed by atoms with Gasteiger partial charge in [-0.15, -0.1) is 0 Å². The van der Waals surface area contributed by atoms with Gasteiger partial charge in [0.2, 0.25) is 5.78 Å². The van der Waals surface area contributed by atoms with Crippen molar-refractivity contribution in [2.45, 2.75) is 53.4 Å². The topological polar surface area (TPSA) is 76.6 Å². The van der Waals surface area contributed by atoms with Crippen molar-refractivity contribution >= 4 is 17.7 Å². The average molecular weight is 362 g/mol. The maximum absolute atomic E-state index is 12.5. The predicted octanol–water partition coefficient (Wildman–Crippen LogP) is 2.80. The minimum absolute atomic E-state index is 0.189. The number of aryl methyl sites for hydroxylation is 1. The summed E-state index contributed by atoms with van der Waals surface area (Å²) >= 11 is 0. The van der Waals surface area contributed by atoms with Crippen LogP contribution in [0.15, 0.2) is 24.5 Å². The zero-order valence-corrected chi connectivity index (χ0v) is 16.3. The van der Waals surface area contributed by atoms with E-state index in [0.29, 0.717) is 25.8 Å². The first-order chi connectivity index (χ1) is 12.3. The van der Waals surface area contributed by atoms with Gasteiger partial charge in [-0.25, -0.2) is 0 Å². The van der Waals surface area contributed by atoms with E-state index in [4.69, 9.17) is 4.74 Å². The Hall–Kier alpha value is -2.24. The first kappa shape index (κ1) is 21.8. The van der Waals surface area contributed by atoms with Crippen LogP contribution < -0.4 is 0 Å². The fourth-order valence-electron chi connectivity index (χ4n) is 2.33. The molecule has 1 rings (SSSR count). The molecule has 1 heterocycles. The van der Waals surface area contributed by atoms with Crippen LogP contribution in [0.25, 0.3) is 0 Å². The zero-order chi connectivity index (χ0) is 19.6. The van der Waals surface area contributed by atoms with Crippen LogP contribution in [-0.4, -0.2) is 47.2 Å². The summed E-state index contributed by atoms with van der Waals surface area (Å²) in [4.78, 5) is 42.2. The average Bonchev–Trinajstić information content (AvgIpc) is 2.64. The van der Waals surface area contributed by atoms with Crippen molar-refractivity contribution in [1.29, 1.82) is 0 Å². The van der Waals surface area contributed by atoms with Gasteiger partial charge in [0.05, 0.1) is 6.61 Å². The molecule has 0 spiro atoms. The Bertz CT molecular complexity index is 599. The van der Waals surface area contributed by atoms with Crippen LogP contribution in [0.5, 0.6) is 0 Å². The Morgan fingerprint density at radius 1 is 1.23 bits per heavy atom. The molecule has 0 aliphatic heterocycles. The number of nitrogens with zero attached hydrogens (tertiary/aromatic N) is 2. The Labute approximate surface area is 155 Å². The van der Waals surface area contributed by atoms with Crippen molar-refractivity contribution in [2.75, 3.05) is 19.7 Å². The van der Waals surface area contributed by atoms with E-state index in [0.717, 1.165) is 12.0 Å². The fourth-order valence-corrected chi connectivity index (χ4v) is 2.33. The van der Waals surface area contributed by atoms with Crippen LogP contribution in [0.3, 0.4) is 0 Å². The number of hydrogen-bond donors (Lipinski definition) is 0. The zero-order valence-electron chi connectivity index (χ0n) is 16.3. The molecular weight excluding hydrogens is 332 g/mol. The van der Waals surface area contributed by atoms with Crippen molar-refractivity contribution in [1.82, 2.24) is 9.88 Å². The summed E-state index contributed by atoms with van der Waals surface area (Å²) in [5.74, 6) is -1.55. The monoisotopic (exact) mass is 362 g/mol. The van der Waals surface area contributed by atoms with E-state index in [1.165, 1.54) is 4.90 Å². The number of esters is 1. The lowest BCUT2D eigenvalue weighted by Gasteiger charge is -2.26. The van der Waals surface area contributed by atoms with Crippen molar-refractivity contribution in [3.05, 3.63) is 30.1 Å². The third-order valence-electron chi connectivity index (χ3n) is 4.39. The molecule has 144 valence electrons. The number of amides is 1. The van der Waals surface area contributed by atoms with Crippen LogP contribution >= 0.6 is 0 Å². The molecule has 0 aliphatic carbocycles. The van der Waals surface area contributed by atoms with Gasteiger partial charge in [0.1, 0.15) is 6.54 Å². The number of ether oxygens (including phenoxy) is 1. The molecule has 6 heteroatoms. The molecule has 6 nitrogen and oxygen atoms in total. The Morgan fingerprint density at radius 3 is 2.54 bits per heavy atom. The van der Waals surface area contributed by atoms with E-state index in [1.54, 1.807) is 26.2 Å². The maximum atomic E-state index is 12.5. The van der Waals surface area contributed by atoms with E-state index in [1.807, 2.05) is 26.0 Å². The van der Waals surface area contributed by atoms with E-state index in [2.05, 4.69) is 4.98 Å². The molecule has 1 aromatic rings. The Balaban J connectivity index is 2.49. The highest BCUT2D eigenvalue weighted by Crippen LogP contribution is 2.22. The van der Waals surface area contributed by atoms with Crippen LogP contribution in [0.2, 0.25) is 0 Å². The standard InChI is InChI=1S/C20H30N2O4/c1-5-12-22(19(25)18(24)20(3,4)6-2)15-17(23)26-13-8-10-16-9-7-11-21-14-16/h7,9,11,14H,5-6,8,10,12-13,15H2,1-4H3. The lowest BCUT2D eigenvalue weighted by Crippen LogP contribution is -2.45. The number of hydrogen-bond acceptors (Lipinski definition) is 5. The summed E-state index contributed by atoms with van der Waals surface area (Å²) in [6.07, 6.45) is 6.17. The van der Waals surface area contributed by atoms with E-state index >= 15 is 0 Å².